The van der Waals surface area contributed by atoms with Crippen molar-refractivity contribution in [1.82, 2.24) is 5.32 Å². The fourth-order valence-corrected chi connectivity index (χ4v) is 0.712. The third-order valence-electron chi connectivity index (χ3n) is 2.34. The molecule has 0 aromatic carbocycles. The van der Waals surface area contributed by atoms with Crippen LogP contribution in [0.25, 0.3) is 0 Å². The summed E-state index contributed by atoms with van der Waals surface area (Å²) in [7, 11) is 3.49. The molecule has 86 valence electrons. The molecule has 0 heterocycles. The fraction of sp³-hybridized carbons (Fsp3) is 0.889. The highest BCUT2D eigenvalue weighted by Gasteiger charge is 2.37. The van der Waals surface area contributed by atoms with E-state index in [1.54, 1.807) is 50.3 Å². The van der Waals surface area contributed by atoms with Gasteiger partial charge in [-0.15, -0.1) is 0 Å². The van der Waals surface area contributed by atoms with Crippen LogP contribution in [0.1, 0.15) is 34.6 Å². The van der Waals surface area contributed by atoms with Crippen molar-refractivity contribution in [2.75, 3.05) is 0 Å². The van der Waals surface area contributed by atoms with Gasteiger partial charge in [0.15, 0.2) is 0 Å². The van der Waals surface area contributed by atoms with Crippen LogP contribution in [0.3, 0.4) is 0 Å². The molecular formula is C9H21B2NO3. The van der Waals surface area contributed by atoms with Gasteiger partial charge in [0, 0.05) is 5.34 Å². The smallest absolute Gasteiger partial charge is 0.406 e. The van der Waals surface area contributed by atoms with Gasteiger partial charge in [-0.3, -0.25) is 0 Å². The standard InChI is InChI=1S/C9H21B2NO3/c1-7(2,3)15-6(13)12-9(10,11)8(4,5)14/h14H,10-11H2,1-5H3,(H,12,13). The quantitative estimate of drug-likeness (QED) is 0.590. The second-order valence-electron chi connectivity index (χ2n) is 5.81. The van der Waals surface area contributed by atoms with Gasteiger partial charge in [0.2, 0.25) is 0 Å². The number of rotatable bonds is 2. The molecule has 0 aliphatic carbocycles. The van der Waals surface area contributed by atoms with Crippen LogP contribution in [-0.2, 0) is 4.74 Å². The third kappa shape index (κ3) is 5.11. The lowest BCUT2D eigenvalue weighted by molar-refractivity contribution is 0.0246. The second kappa shape index (κ2) is 4.08. The normalized spacial score (nSPS) is 13.5. The van der Waals surface area contributed by atoms with Gasteiger partial charge in [-0.25, -0.2) is 4.79 Å². The lowest BCUT2D eigenvalue weighted by Gasteiger charge is -2.38. The molecule has 6 heteroatoms. The number of hydrogen-bond acceptors (Lipinski definition) is 3. The Kier molecular flexibility index (Phi) is 3.91. The van der Waals surface area contributed by atoms with E-state index in [0.717, 1.165) is 0 Å². The molecule has 15 heavy (non-hydrogen) atoms. The highest BCUT2D eigenvalue weighted by atomic mass is 16.6. The Bertz CT molecular complexity index is 241. The molecule has 0 spiro atoms. The molecular weight excluding hydrogens is 192 g/mol. The molecule has 0 aromatic rings. The van der Waals surface area contributed by atoms with Gasteiger partial charge in [-0.1, -0.05) is 0 Å². The number of alkyl carbamates (subject to hydrolysis) is 1. The Morgan fingerprint density at radius 1 is 1.20 bits per heavy atom. The van der Waals surface area contributed by atoms with Crippen LogP contribution in [0, 0.1) is 0 Å². The van der Waals surface area contributed by atoms with Crippen LogP contribution in [0.4, 0.5) is 4.79 Å². The molecule has 4 nitrogen and oxygen atoms in total. The van der Waals surface area contributed by atoms with Gasteiger partial charge < -0.3 is 15.2 Å². The molecule has 2 N–H and O–H groups in total. The molecule has 0 bridgehead atoms. The first kappa shape index (κ1) is 14.4. The Morgan fingerprint density at radius 3 is 1.87 bits per heavy atom. The predicted octanol–water partition coefficient (Wildman–Crippen LogP) is -0.798. The minimum absolute atomic E-state index is 0.519. The van der Waals surface area contributed by atoms with Crippen LogP contribution in [0.15, 0.2) is 0 Å². The van der Waals surface area contributed by atoms with E-state index < -0.39 is 22.6 Å². The summed E-state index contributed by atoms with van der Waals surface area (Å²) in [5.74, 6) is 0. The molecule has 0 atom stereocenters. The molecule has 0 rings (SSSR count). The van der Waals surface area contributed by atoms with Crippen molar-refractivity contribution < 1.29 is 14.6 Å². The van der Waals surface area contributed by atoms with Crippen LogP contribution >= 0.6 is 0 Å². The SMILES string of the molecule is BC(B)(NC(=O)OC(C)(C)C)C(C)(C)O. The van der Waals surface area contributed by atoms with Crippen molar-refractivity contribution in [3.05, 3.63) is 0 Å². The first-order chi connectivity index (χ1) is 6.35. The van der Waals surface area contributed by atoms with E-state index >= 15 is 0 Å². The van der Waals surface area contributed by atoms with Gasteiger partial charge in [0.25, 0.3) is 0 Å². The number of ether oxygens (including phenoxy) is 1. The number of nitrogens with one attached hydrogen (secondary N) is 1. The van der Waals surface area contributed by atoms with Gasteiger partial charge in [0.1, 0.15) is 21.3 Å². The van der Waals surface area contributed by atoms with E-state index in [2.05, 4.69) is 5.32 Å². The first-order valence-electron chi connectivity index (χ1n) is 5.09. The zero-order valence-electron chi connectivity index (χ0n) is 10.8. The number of aliphatic hydroxyl groups is 1. The molecule has 0 fully saturated rings. The molecule has 0 saturated carbocycles. The maximum absolute atomic E-state index is 11.5. The topological polar surface area (TPSA) is 58.6 Å². The largest absolute Gasteiger partial charge is 0.444 e. The lowest BCUT2D eigenvalue weighted by atomic mass is 9.54. The van der Waals surface area contributed by atoms with Crippen LogP contribution in [-0.4, -0.2) is 43.4 Å². The van der Waals surface area contributed by atoms with Crippen molar-refractivity contribution >= 4 is 21.8 Å². The number of carbonyl (C=O) groups is 1. The van der Waals surface area contributed by atoms with Gasteiger partial charge in [-0.2, -0.15) is 0 Å². The van der Waals surface area contributed by atoms with E-state index in [-0.39, 0.29) is 0 Å². The molecule has 0 radical (unpaired) electrons. The van der Waals surface area contributed by atoms with E-state index in [9.17, 15) is 9.90 Å². The van der Waals surface area contributed by atoms with E-state index in [0.29, 0.717) is 0 Å². The van der Waals surface area contributed by atoms with Crippen LogP contribution in [0.5, 0.6) is 0 Å². The molecule has 1 amide bonds. The summed E-state index contributed by atoms with van der Waals surface area (Å²) >= 11 is 0. The van der Waals surface area contributed by atoms with Crippen molar-refractivity contribution in [1.29, 1.82) is 0 Å². The third-order valence-corrected chi connectivity index (χ3v) is 2.34. The molecule has 0 aromatic heterocycles. The summed E-state index contributed by atoms with van der Waals surface area (Å²) in [4.78, 5) is 11.5. The van der Waals surface area contributed by atoms with E-state index in [4.69, 9.17) is 4.74 Å². The molecule has 0 saturated heterocycles. The Labute approximate surface area is 93.6 Å². The number of carbonyl (C=O) groups excluding carboxylic acids is 1. The minimum atomic E-state index is -1.01. The zero-order chi connectivity index (χ0) is 12.5. The highest BCUT2D eigenvalue weighted by Crippen LogP contribution is 2.16. The average Bonchev–Trinajstić information content (AvgIpc) is 1.75. The number of amides is 1. The van der Waals surface area contributed by atoms with Crippen LogP contribution < -0.4 is 5.32 Å². The maximum Gasteiger partial charge on any atom is 0.406 e. The molecule has 0 unspecified atom stereocenters. The maximum atomic E-state index is 11.5. The summed E-state index contributed by atoms with van der Waals surface area (Å²) < 4.78 is 5.11. The van der Waals surface area contributed by atoms with E-state index in [1.165, 1.54) is 0 Å². The Hall–Kier alpha value is -0.640. The summed E-state index contributed by atoms with van der Waals surface area (Å²) in [5.41, 5.74) is -1.54. The first-order valence-corrected chi connectivity index (χ1v) is 5.09. The van der Waals surface area contributed by atoms with Crippen LogP contribution in [0.2, 0.25) is 0 Å². The summed E-state index contributed by atoms with van der Waals surface area (Å²) in [6.45, 7) is 8.67. The second-order valence-corrected chi connectivity index (χ2v) is 5.81. The van der Waals surface area contributed by atoms with Gasteiger partial charge in [-0.05, 0) is 34.6 Å². The summed E-state index contributed by atoms with van der Waals surface area (Å²) in [5, 5.41) is 11.7. The Morgan fingerprint density at radius 2 is 1.60 bits per heavy atom. The predicted molar refractivity (Wildman–Crippen MR) is 65.5 cm³/mol. The van der Waals surface area contributed by atoms with Gasteiger partial charge in [0.05, 0.1) is 5.60 Å². The fourth-order valence-electron chi connectivity index (χ4n) is 0.712. The summed E-state index contributed by atoms with van der Waals surface area (Å²) in [6, 6.07) is 0. The lowest BCUT2D eigenvalue weighted by Crippen LogP contribution is -2.63. The zero-order valence-corrected chi connectivity index (χ0v) is 10.8. The molecule has 0 aliphatic rings. The minimum Gasteiger partial charge on any atom is -0.444 e. The van der Waals surface area contributed by atoms with Crippen molar-refractivity contribution in [2.45, 2.75) is 51.2 Å². The summed E-state index contributed by atoms with van der Waals surface area (Å²) in [6.07, 6.45) is -0.519. The van der Waals surface area contributed by atoms with E-state index in [1.807, 2.05) is 0 Å². The van der Waals surface area contributed by atoms with Crippen molar-refractivity contribution in [2.24, 2.45) is 0 Å². The highest BCUT2D eigenvalue weighted by molar-refractivity contribution is 6.41. The van der Waals surface area contributed by atoms with Crippen molar-refractivity contribution in [3.63, 3.8) is 0 Å². The average molecular weight is 213 g/mol. The molecule has 0 aliphatic heterocycles. The monoisotopic (exact) mass is 213 g/mol. The Balaban J connectivity index is 4.43. The van der Waals surface area contributed by atoms with Gasteiger partial charge >= 0.3 is 6.09 Å². The number of hydrogen-bond donors (Lipinski definition) is 2. The van der Waals surface area contributed by atoms with Crippen molar-refractivity contribution in [3.8, 4) is 0 Å².